The zero-order valence-corrected chi connectivity index (χ0v) is 13.4. The van der Waals surface area contributed by atoms with Gasteiger partial charge in [0.05, 0.1) is 4.90 Å². The van der Waals surface area contributed by atoms with Crippen LogP contribution in [0.25, 0.3) is 0 Å². The van der Waals surface area contributed by atoms with Crippen LogP contribution in [0.3, 0.4) is 0 Å². The first-order valence-corrected chi connectivity index (χ1v) is 8.25. The average molecular weight is 349 g/mol. The van der Waals surface area contributed by atoms with E-state index in [0.717, 1.165) is 16.4 Å². The number of carbonyl (C=O) groups is 1. The van der Waals surface area contributed by atoms with E-state index >= 15 is 0 Å². The minimum absolute atomic E-state index is 0.0279. The van der Waals surface area contributed by atoms with Crippen LogP contribution in [0.5, 0.6) is 0 Å². The predicted molar refractivity (Wildman–Crippen MR) is 76.7 cm³/mol. The van der Waals surface area contributed by atoms with E-state index in [2.05, 4.69) is 0 Å². The fourth-order valence-corrected chi connectivity index (χ4v) is 4.03. The van der Waals surface area contributed by atoms with Crippen LogP contribution in [-0.2, 0) is 25.5 Å². The lowest BCUT2D eigenvalue weighted by Gasteiger charge is -2.40. The summed E-state index contributed by atoms with van der Waals surface area (Å²) in [6.07, 6.45) is -1.09. The lowest BCUT2D eigenvalue weighted by atomic mass is 9.96. The van der Waals surface area contributed by atoms with Gasteiger partial charge in [0.1, 0.15) is 0 Å². The molecule has 128 valence electrons. The molecule has 1 atom stereocenters. The van der Waals surface area contributed by atoms with Gasteiger partial charge in [0.15, 0.2) is 6.10 Å². The van der Waals surface area contributed by atoms with E-state index in [-0.39, 0.29) is 18.0 Å². The number of hydrogen-bond acceptors (Lipinski definition) is 4. The van der Waals surface area contributed by atoms with E-state index in [1.807, 2.05) is 0 Å². The molecule has 9 heteroatoms. The van der Waals surface area contributed by atoms with Gasteiger partial charge in [-0.2, -0.15) is 4.31 Å². The maximum atomic E-state index is 13.3. The molecule has 23 heavy (non-hydrogen) atoms. The number of halogens is 2. The summed E-state index contributed by atoms with van der Waals surface area (Å²) in [6, 6.07) is 4.59. The van der Waals surface area contributed by atoms with Gasteiger partial charge < -0.3 is 9.84 Å². The molecule has 1 aliphatic rings. The third kappa shape index (κ3) is 3.51. The predicted octanol–water partition coefficient (Wildman–Crippen LogP) is 1.52. The van der Waals surface area contributed by atoms with Crippen LogP contribution in [0.15, 0.2) is 29.2 Å². The molecule has 0 aromatic heterocycles. The molecular weight excluding hydrogens is 332 g/mol. The molecule has 1 aromatic carbocycles. The number of carboxylic acids is 1. The van der Waals surface area contributed by atoms with Crippen LogP contribution in [0.4, 0.5) is 8.78 Å². The Kier molecular flexibility index (Phi) is 4.74. The molecule has 1 unspecified atom stereocenters. The van der Waals surface area contributed by atoms with E-state index in [1.54, 1.807) is 0 Å². The monoisotopic (exact) mass is 349 g/mol. The smallest absolute Gasteiger partial charge is 0.333 e. The molecule has 1 aliphatic heterocycles. The second-order valence-electron chi connectivity index (χ2n) is 5.49. The van der Waals surface area contributed by atoms with Crippen LogP contribution >= 0.6 is 0 Å². The number of hydrogen-bond donors (Lipinski definition) is 1. The third-order valence-electron chi connectivity index (χ3n) is 3.78. The number of benzene rings is 1. The Morgan fingerprint density at radius 1 is 1.43 bits per heavy atom. The lowest BCUT2D eigenvalue weighted by molar-refractivity contribution is -0.154. The maximum Gasteiger partial charge on any atom is 0.333 e. The summed E-state index contributed by atoms with van der Waals surface area (Å²) >= 11 is 0. The standard InChI is InChI=1S/C14H17F2NO5S/c1-14(15,16)10-4-3-5-11(6-10)23(20,21)17-7-9(8-17)12(22-2)13(18)19/h3-6,9,12H,7-8H2,1-2H3,(H,18,19). The molecule has 2 rings (SSSR count). The van der Waals surface area contributed by atoms with Crippen LogP contribution in [0.2, 0.25) is 0 Å². The molecule has 1 aromatic rings. The molecule has 0 bridgehead atoms. The zero-order valence-electron chi connectivity index (χ0n) is 12.6. The highest BCUT2D eigenvalue weighted by atomic mass is 32.2. The Bertz CT molecular complexity index is 695. The maximum absolute atomic E-state index is 13.3. The molecule has 0 saturated carbocycles. The topological polar surface area (TPSA) is 83.9 Å². The van der Waals surface area contributed by atoms with E-state index in [4.69, 9.17) is 9.84 Å². The number of rotatable bonds is 6. The van der Waals surface area contributed by atoms with Gasteiger partial charge in [0.2, 0.25) is 10.0 Å². The summed E-state index contributed by atoms with van der Waals surface area (Å²) in [5, 5.41) is 8.96. The van der Waals surface area contributed by atoms with Crippen molar-refractivity contribution in [2.24, 2.45) is 5.92 Å². The summed E-state index contributed by atoms with van der Waals surface area (Å²) in [4.78, 5) is 10.7. The quantitative estimate of drug-likeness (QED) is 0.842. The van der Waals surface area contributed by atoms with Gasteiger partial charge in [0.25, 0.3) is 5.92 Å². The van der Waals surface area contributed by atoms with Gasteiger partial charge in [-0.3, -0.25) is 0 Å². The van der Waals surface area contributed by atoms with Gasteiger partial charge in [-0.05, 0) is 12.1 Å². The number of sulfonamides is 1. The van der Waals surface area contributed by atoms with Gasteiger partial charge in [-0.15, -0.1) is 0 Å². The molecule has 6 nitrogen and oxygen atoms in total. The second-order valence-corrected chi connectivity index (χ2v) is 7.43. The zero-order chi connectivity index (χ0) is 17.4. The van der Waals surface area contributed by atoms with Crippen molar-refractivity contribution in [2.75, 3.05) is 20.2 Å². The molecule has 1 saturated heterocycles. The van der Waals surface area contributed by atoms with Gasteiger partial charge in [-0.25, -0.2) is 22.0 Å². The van der Waals surface area contributed by atoms with E-state index in [9.17, 15) is 22.0 Å². The van der Waals surface area contributed by atoms with Gasteiger partial charge in [-0.1, -0.05) is 12.1 Å². The van der Waals surface area contributed by atoms with E-state index in [1.165, 1.54) is 19.2 Å². The average Bonchev–Trinajstić information content (AvgIpc) is 2.40. The fraction of sp³-hybridized carbons (Fsp3) is 0.500. The number of aliphatic carboxylic acids is 1. The number of alkyl halides is 2. The van der Waals surface area contributed by atoms with Crippen molar-refractivity contribution in [3.63, 3.8) is 0 Å². The molecule has 1 N–H and O–H groups in total. The highest BCUT2D eigenvalue weighted by Crippen LogP contribution is 2.32. The number of nitrogens with zero attached hydrogens (tertiary/aromatic N) is 1. The number of carboxylic acid groups (broad SMARTS) is 1. The second kappa shape index (κ2) is 6.14. The summed E-state index contributed by atoms with van der Waals surface area (Å²) < 4.78 is 57.4. The normalized spacial score (nSPS) is 18.4. The fourth-order valence-electron chi connectivity index (χ4n) is 2.43. The minimum atomic E-state index is -3.93. The number of ether oxygens (including phenoxy) is 1. The SMILES string of the molecule is COC(C(=O)O)C1CN(S(=O)(=O)c2cccc(C(C)(F)F)c2)C1. The van der Waals surface area contributed by atoms with Crippen molar-refractivity contribution in [1.29, 1.82) is 0 Å². The molecule has 0 radical (unpaired) electrons. The Hall–Kier alpha value is -1.58. The van der Waals surface area contributed by atoms with Crippen molar-refractivity contribution in [1.82, 2.24) is 4.31 Å². The van der Waals surface area contributed by atoms with Crippen molar-refractivity contribution >= 4 is 16.0 Å². The Morgan fingerprint density at radius 2 is 2.04 bits per heavy atom. The minimum Gasteiger partial charge on any atom is -0.479 e. The van der Waals surface area contributed by atoms with Gasteiger partial charge in [0, 0.05) is 38.6 Å². The Labute approximate surface area is 132 Å². The molecule has 0 aliphatic carbocycles. The van der Waals surface area contributed by atoms with E-state index in [0.29, 0.717) is 6.92 Å². The first kappa shape index (κ1) is 17.8. The summed E-state index contributed by atoms with van der Waals surface area (Å²) in [5.41, 5.74) is -0.393. The number of methoxy groups -OCH3 is 1. The largest absolute Gasteiger partial charge is 0.479 e. The summed E-state index contributed by atoms with van der Waals surface area (Å²) in [6.45, 7) is 0.633. The highest BCUT2D eigenvalue weighted by Gasteiger charge is 2.43. The van der Waals surface area contributed by atoms with Crippen LogP contribution < -0.4 is 0 Å². The molecule has 1 fully saturated rings. The third-order valence-corrected chi connectivity index (χ3v) is 5.61. The van der Waals surface area contributed by atoms with Crippen LogP contribution in [-0.4, -0.2) is 50.1 Å². The van der Waals surface area contributed by atoms with Crippen molar-refractivity contribution < 1.29 is 31.8 Å². The van der Waals surface area contributed by atoms with Crippen LogP contribution in [0, 0.1) is 5.92 Å². The highest BCUT2D eigenvalue weighted by molar-refractivity contribution is 7.89. The Balaban J connectivity index is 2.17. The van der Waals surface area contributed by atoms with Gasteiger partial charge >= 0.3 is 5.97 Å². The van der Waals surface area contributed by atoms with Crippen molar-refractivity contribution in [2.45, 2.75) is 23.8 Å². The van der Waals surface area contributed by atoms with E-state index < -0.39 is 39.5 Å². The molecule has 0 spiro atoms. The first-order valence-electron chi connectivity index (χ1n) is 6.81. The lowest BCUT2D eigenvalue weighted by Crippen LogP contribution is -2.56. The van der Waals surface area contributed by atoms with Crippen molar-refractivity contribution in [3.05, 3.63) is 29.8 Å². The molecule has 0 amide bonds. The first-order chi connectivity index (χ1) is 10.6. The van der Waals surface area contributed by atoms with Crippen LogP contribution in [0.1, 0.15) is 12.5 Å². The summed E-state index contributed by atoms with van der Waals surface area (Å²) in [7, 11) is -2.70. The molecule has 1 heterocycles. The van der Waals surface area contributed by atoms with Crippen molar-refractivity contribution in [3.8, 4) is 0 Å². The molecular formula is C14H17F2NO5S. The Morgan fingerprint density at radius 3 is 2.52 bits per heavy atom. The summed E-state index contributed by atoms with van der Waals surface area (Å²) in [5.74, 6) is -4.78.